The Kier molecular flexibility index (Phi) is 4.22. The van der Waals surface area contributed by atoms with Crippen molar-refractivity contribution in [2.75, 3.05) is 13.1 Å². The van der Waals surface area contributed by atoms with E-state index in [0.29, 0.717) is 24.4 Å². The van der Waals surface area contributed by atoms with Gasteiger partial charge in [0.15, 0.2) is 0 Å². The first kappa shape index (κ1) is 11.9. The van der Waals surface area contributed by atoms with Gasteiger partial charge in [-0.1, -0.05) is 12.8 Å². The summed E-state index contributed by atoms with van der Waals surface area (Å²) in [5.74, 6) is 0.369. The van der Waals surface area contributed by atoms with Gasteiger partial charge in [0, 0.05) is 25.0 Å². The molecule has 2 fully saturated rings. The molecule has 0 aromatic heterocycles. The van der Waals surface area contributed by atoms with Crippen molar-refractivity contribution in [3.63, 3.8) is 0 Å². The Morgan fingerprint density at radius 1 is 1.25 bits per heavy atom. The van der Waals surface area contributed by atoms with Crippen LogP contribution >= 0.6 is 0 Å². The van der Waals surface area contributed by atoms with Crippen molar-refractivity contribution in [1.82, 2.24) is 10.2 Å². The molecule has 2 atom stereocenters. The first-order chi connectivity index (χ1) is 7.77. The first-order valence-corrected chi connectivity index (χ1v) is 6.80. The van der Waals surface area contributed by atoms with Crippen LogP contribution in [-0.2, 0) is 4.79 Å². The summed E-state index contributed by atoms with van der Waals surface area (Å²) in [5.41, 5.74) is 0. The Labute approximate surface area is 98.6 Å². The van der Waals surface area contributed by atoms with E-state index in [1.54, 1.807) is 0 Å². The van der Waals surface area contributed by atoms with Gasteiger partial charge in [0.2, 0.25) is 5.91 Å². The van der Waals surface area contributed by atoms with E-state index >= 15 is 0 Å². The van der Waals surface area contributed by atoms with Crippen molar-refractivity contribution in [2.45, 2.75) is 64.0 Å². The lowest BCUT2D eigenvalue weighted by molar-refractivity contribution is -0.133. The van der Waals surface area contributed by atoms with Gasteiger partial charge in [-0.05, 0) is 39.2 Å². The molecule has 0 aromatic rings. The topological polar surface area (TPSA) is 32.3 Å². The average Bonchev–Trinajstić information content (AvgIpc) is 2.66. The molecule has 1 amide bonds. The van der Waals surface area contributed by atoms with E-state index in [1.165, 1.54) is 38.5 Å². The molecule has 1 N–H and O–H groups in total. The minimum atomic E-state index is 0.369. The van der Waals surface area contributed by atoms with Crippen LogP contribution in [0.5, 0.6) is 0 Å². The number of rotatable bonds is 2. The number of nitrogens with zero attached hydrogens (tertiary/aromatic N) is 1. The standard InChI is InChI=1S/C13H24N2O/c1-11-6-3-2-4-9-15(11)13(16)10-12-7-5-8-14-12/h11-12,14H,2-10H2,1H3. The normalized spacial score (nSPS) is 31.4. The first-order valence-electron chi connectivity index (χ1n) is 6.80. The Bertz CT molecular complexity index is 236. The SMILES string of the molecule is CC1CCCCCN1C(=O)CC1CCCN1. The monoisotopic (exact) mass is 224 g/mol. The highest BCUT2D eigenvalue weighted by molar-refractivity contribution is 5.77. The van der Waals surface area contributed by atoms with E-state index in [-0.39, 0.29) is 0 Å². The number of carbonyl (C=O) groups is 1. The van der Waals surface area contributed by atoms with Crippen LogP contribution in [0.2, 0.25) is 0 Å². The Balaban J connectivity index is 1.85. The summed E-state index contributed by atoms with van der Waals surface area (Å²) < 4.78 is 0. The zero-order chi connectivity index (χ0) is 11.4. The van der Waals surface area contributed by atoms with Gasteiger partial charge in [0.25, 0.3) is 0 Å². The van der Waals surface area contributed by atoms with E-state index in [4.69, 9.17) is 0 Å². The molecule has 2 aliphatic heterocycles. The largest absolute Gasteiger partial charge is 0.340 e. The smallest absolute Gasteiger partial charge is 0.224 e. The van der Waals surface area contributed by atoms with Gasteiger partial charge in [-0.15, -0.1) is 0 Å². The average molecular weight is 224 g/mol. The predicted octanol–water partition coefficient (Wildman–Crippen LogP) is 1.92. The van der Waals surface area contributed by atoms with Gasteiger partial charge in [0.1, 0.15) is 0 Å². The zero-order valence-corrected chi connectivity index (χ0v) is 10.4. The van der Waals surface area contributed by atoms with Gasteiger partial charge in [-0.25, -0.2) is 0 Å². The highest BCUT2D eigenvalue weighted by atomic mass is 16.2. The third-order valence-electron chi connectivity index (χ3n) is 3.96. The van der Waals surface area contributed by atoms with Gasteiger partial charge in [-0.3, -0.25) is 4.79 Å². The van der Waals surface area contributed by atoms with Gasteiger partial charge in [-0.2, -0.15) is 0 Å². The lowest BCUT2D eigenvalue weighted by Crippen LogP contribution is -2.41. The number of amides is 1. The van der Waals surface area contributed by atoms with Gasteiger partial charge < -0.3 is 10.2 Å². The predicted molar refractivity (Wildman–Crippen MR) is 65.3 cm³/mol. The number of nitrogens with one attached hydrogen (secondary N) is 1. The van der Waals surface area contributed by atoms with Crippen molar-refractivity contribution in [3.05, 3.63) is 0 Å². The Morgan fingerprint density at radius 2 is 2.12 bits per heavy atom. The molecule has 2 saturated heterocycles. The second kappa shape index (κ2) is 5.67. The number of hydrogen-bond donors (Lipinski definition) is 1. The maximum Gasteiger partial charge on any atom is 0.224 e. The molecule has 3 nitrogen and oxygen atoms in total. The summed E-state index contributed by atoms with van der Waals surface area (Å²) in [7, 11) is 0. The van der Waals surface area contributed by atoms with Crippen molar-refractivity contribution in [3.8, 4) is 0 Å². The summed E-state index contributed by atoms with van der Waals surface area (Å²) in [6, 6.07) is 0.902. The van der Waals surface area contributed by atoms with Crippen LogP contribution in [0, 0.1) is 0 Å². The maximum atomic E-state index is 12.2. The number of carbonyl (C=O) groups excluding carboxylic acids is 1. The molecular formula is C13H24N2O. The third-order valence-corrected chi connectivity index (χ3v) is 3.96. The summed E-state index contributed by atoms with van der Waals surface area (Å²) >= 11 is 0. The molecule has 0 saturated carbocycles. The second-order valence-corrected chi connectivity index (χ2v) is 5.28. The summed E-state index contributed by atoms with van der Waals surface area (Å²) in [6.07, 6.45) is 8.06. The quantitative estimate of drug-likeness (QED) is 0.777. The maximum absolute atomic E-state index is 12.2. The Hall–Kier alpha value is -0.570. The highest BCUT2D eigenvalue weighted by Crippen LogP contribution is 2.19. The molecule has 2 heterocycles. The molecule has 2 unspecified atom stereocenters. The van der Waals surface area contributed by atoms with Crippen LogP contribution in [-0.4, -0.2) is 36.0 Å². The highest BCUT2D eigenvalue weighted by Gasteiger charge is 2.25. The second-order valence-electron chi connectivity index (χ2n) is 5.28. The van der Waals surface area contributed by atoms with Crippen LogP contribution in [0.4, 0.5) is 0 Å². The van der Waals surface area contributed by atoms with Crippen LogP contribution in [0.1, 0.15) is 51.9 Å². The fourth-order valence-corrected chi connectivity index (χ4v) is 2.90. The van der Waals surface area contributed by atoms with E-state index in [9.17, 15) is 4.79 Å². The molecule has 0 bridgehead atoms. The lowest BCUT2D eigenvalue weighted by atomic mass is 10.1. The minimum absolute atomic E-state index is 0.369. The van der Waals surface area contributed by atoms with Gasteiger partial charge in [0.05, 0.1) is 0 Å². The van der Waals surface area contributed by atoms with E-state index in [1.807, 2.05) is 0 Å². The van der Waals surface area contributed by atoms with Gasteiger partial charge >= 0.3 is 0 Å². The van der Waals surface area contributed by atoms with Crippen LogP contribution in [0.25, 0.3) is 0 Å². The molecular weight excluding hydrogens is 200 g/mol. The van der Waals surface area contributed by atoms with Crippen molar-refractivity contribution >= 4 is 5.91 Å². The molecule has 2 aliphatic rings. The van der Waals surface area contributed by atoms with E-state index < -0.39 is 0 Å². The number of hydrogen-bond acceptors (Lipinski definition) is 2. The lowest BCUT2D eigenvalue weighted by Gasteiger charge is -2.28. The Morgan fingerprint density at radius 3 is 2.88 bits per heavy atom. The molecule has 0 aliphatic carbocycles. The van der Waals surface area contributed by atoms with E-state index in [2.05, 4.69) is 17.1 Å². The fraction of sp³-hybridized carbons (Fsp3) is 0.923. The van der Waals surface area contributed by atoms with Crippen LogP contribution in [0.15, 0.2) is 0 Å². The summed E-state index contributed by atoms with van der Waals surface area (Å²) in [5, 5.41) is 3.41. The molecule has 16 heavy (non-hydrogen) atoms. The third kappa shape index (κ3) is 2.97. The van der Waals surface area contributed by atoms with Crippen molar-refractivity contribution in [2.24, 2.45) is 0 Å². The fourth-order valence-electron chi connectivity index (χ4n) is 2.90. The summed E-state index contributed by atoms with van der Waals surface area (Å²) in [4.78, 5) is 14.3. The van der Waals surface area contributed by atoms with Crippen LogP contribution < -0.4 is 5.32 Å². The van der Waals surface area contributed by atoms with E-state index in [0.717, 1.165) is 13.1 Å². The number of likely N-dealkylation sites (tertiary alicyclic amines) is 1. The van der Waals surface area contributed by atoms with Crippen molar-refractivity contribution in [1.29, 1.82) is 0 Å². The minimum Gasteiger partial charge on any atom is -0.340 e. The molecule has 3 heteroatoms. The summed E-state index contributed by atoms with van der Waals surface area (Å²) in [6.45, 7) is 4.27. The molecule has 0 radical (unpaired) electrons. The van der Waals surface area contributed by atoms with Crippen molar-refractivity contribution < 1.29 is 4.79 Å². The molecule has 2 rings (SSSR count). The molecule has 0 spiro atoms. The zero-order valence-electron chi connectivity index (χ0n) is 10.4. The van der Waals surface area contributed by atoms with Crippen LogP contribution in [0.3, 0.4) is 0 Å². The molecule has 92 valence electrons. The molecule has 0 aromatic carbocycles.